The lowest BCUT2D eigenvalue weighted by Gasteiger charge is -2.20. The molecule has 1 heterocycles. The maximum absolute atomic E-state index is 13.4. The summed E-state index contributed by atoms with van der Waals surface area (Å²) in [6, 6.07) is 19.0. The summed E-state index contributed by atoms with van der Waals surface area (Å²) in [4.78, 5) is 40.6. The van der Waals surface area contributed by atoms with Gasteiger partial charge in [0.2, 0.25) is 0 Å². The predicted octanol–water partition coefficient (Wildman–Crippen LogP) is 6.45. The van der Waals surface area contributed by atoms with Gasteiger partial charge < -0.3 is 25.1 Å². The smallest absolute Gasteiger partial charge is 0.407 e. The molecule has 0 spiro atoms. The molecule has 4 aromatic rings. The Balaban J connectivity index is 1.57. The summed E-state index contributed by atoms with van der Waals surface area (Å²) in [6.45, 7) is 9.48. The number of aromatic nitrogens is 1. The van der Waals surface area contributed by atoms with Crippen molar-refractivity contribution >= 4 is 28.7 Å². The number of nitrogens with one attached hydrogen (secondary N) is 3. The molecule has 0 bridgehead atoms. The van der Waals surface area contributed by atoms with Crippen molar-refractivity contribution in [3.05, 3.63) is 94.7 Å². The zero-order chi connectivity index (χ0) is 29.0. The van der Waals surface area contributed by atoms with Gasteiger partial charge in [0, 0.05) is 24.0 Å². The maximum Gasteiger partial charge on any atom is 0.407 e. The molecule has 1 atom stereocenters. The average Bonchev–Trinajstić information content (AvgIpc) is 3.41. The van der Waals surface area contributed by atoms with E-state index in [1.807, 2.05) is 62.4 Å². The fourth-order valence-corrected chi connectivity index (χ4v) is 4.51. The van der Waals surface area contributed by atoms with Gasteiger partial charge in [-0.3, -0.25) is 4.79 Å². The van der Waals surface area contributed by atoms with E-state index in [0.717, 1.165) is 38.7 Å². The third-order valence-electron chi connectivity index (χ3n) is 6.51. The molecule has 4 rings (SSSR count). The molecule has 0 saturated heterocycles. The Morgan fingerprint density at radius 3 is 2.48 bits per heavy atom. The molecule has 2 amide bonds. The first-order valence-corrected chi connectivity index (χ1v) is 13.1. The first-order valence-electron chi connectivity index (χ1n) is 13.1. The van der Waals surface area contributed by atoms with E-state index in [1.54, 1.807) is 39.1 Å². The van der Waals surface area contributed by atoms with Crippen LogP contribution in [0.1, 0.15) is 71.1 Å². The number of carbonyl (C=O) groups is 3. The van der Waals surface area contributed by atoms with Crippen molar-refractivity contribution in [1.82, 2.24) is 15.6 Å². The van der Waals surface area contributed by atoms with Gasteiger partial charge >= 0.3 is 12.1 Å². The lowest BCUT2D eigenvalue weighted by Crippen LogP contribution is -2.32. The fraction of sp³-hybridized carbons (Fsp3) is 0.281. The molecule has 3 N–H and O–H groups in total. The van der Waals surface area contributed by atoms with Crippen molar-refractivity contribution < 1.29 is 23.9 Å². The van der Waals surface area contributed by atoms with Crippen LogP contribution in [0, 0.1) is 6.92 Å². The number of hydrogen-bond donors (Lipinski definition) is 3. The lowest BCUT2D eigenvalue weighted by atomic mass is 9.95. The molecule has 0 radical (unpaired) electrons. The van der Waals surface area contributed by atoms with E-state index in [-0.39, 0.29) is 18.5 Å². The molecule has 40 heavy (non-hydrogen) atoms. The first-order chi connectivity index (χ1) is 18.9. The van der Waals surface area contributed by atoms with Crippen LogP contribution in [0.15, 0.2) is 66.9 Å². The van der Waals surface area contributed by atoms with Crippen molar-refractivity contribution in [1.29, 1.82) is 0 Å². The molecule has 1 aromatic heterocycles. The Morgan fingerprint density at radius 1 is 1.00 bits per heavy atom. The normalized spacial score (nSPS) is 12.1. The minimum Gasteiger partial charge on any atom is -0.465 e. The third kappa shape index (κ3) is 6.69. The number of ether oxygens (including phenoxy) is 2. The standard InChI is InChI=1S/C32H35N3O5/c1-19-11-12-21(17-34-31(38)40-32(3,4)5)13-26(19)29(36)35-20(2)27-15-23(14-22-9-7-8-10-25(22)27)28-16-24(18-33-28)30(37)39-6/h7-16,18,20,33H,17H2,1-6H3,(H,34,38)(H,35,36). The summed E-state index contributed by atoms with van der Waals surface area (Å²) in [7, 11) is 1.35. The minimum absolute atomic E-state index is 0.216. The van der Waals surface area contributed by atoms with Crippen LogP contribution in [0.5, 0.6) is 0 Å². The quantitative estimate of drug-likeness (QED) is 0.233. The number of aryl methyl sites for hydroxylation is 1. The van der Waals surface area contributed by atoms with Crippen molar-refractivity contribution in [2.24, 2.45) is 0 Å². The summed E-state index contributed by atoms with van der Waals surface area (Å²) in [6.07, 6.45) is 1.11. The number of esters is 1. The Morgan fingerprint density at radius 2 is 1.75 bits per heavy atom. The number of methoxy groups -OCH3 is 1. The molecule has 0 saturated carbocycles. The number of hydrogen-bond acceptors (Lipinski definition) is 5. The Kier molecular flexibility index (Phi) is 8.28. The topological polar surface area (TPSA) is 110 Å². The van der Waals surface area contributed by atoms with Crippen LogP contribution < -0.4 is 10.6 Å². The second-order valence-corrected chi connectivity index (χ2v) is 10.8. The summed E-state index contributed by atoms with van der Waals surface area (Å²) < 4.78 is 10.1. The zero-order valence-corrected chi connectivity index (χ0v) is 23.7. The molecular formula is C32H35N3O5. The van der Waals surface area contributed by atoms with Crippen LogP contribution in [0.25, 0.3) is 22.0 Å². The van der Waals surface area contributed by atoms with Crippen LogP contribution in [-0.2, 0) is 16.0 Å². The zero-order valence-electron chi connectivity index (χ0n) is 23.7. The van der Waals surface area contributed by atoms with Gasteiger partial charge in [-0.05, 0) is 91.9 Å². The highest BCUT2D eigenvalue weighted by atomic mass is 16.6. The van der Waals surface area contributed by atoms with E-state index in [9.17, 15) is 14.4 Å². The van der Waals surface area contributed by atoms with Gasteiger partial charge in [-0.1, -0.05) is 36.4 Å². The Bertz CT molecular complexity index is 1560. The van der Waals surface area contributed by atoms with Crippen molar-refractivity contribution in [2.45, 2.75) is 52.8 Å². The van der Waals surface area contributed by atoms with Gasteiger partial charge in [0.1, 0.15) is 5.60 Å². The highest BCUT2D eigenvalue weighted by Crippen LogP contribution is 2.31. The summed E-state index contributed by atoms with van der Waals surface area (Å²) >= 11 is 0. The van der Waals surface area contributed by atoms with Crippen molar-refractivity contribution in [3.63, 3.8) is 0 Å². The first kappa shape index (κ1) is 28.4. The van der Waals surface area contributed by atoms with Crippen LogP contribution in [0.2, 0.25) is 0 Å². The lowest BCUT2D eigenvalue weighted by molar-refractivity contribution is 0.0522. The summed E-state index contributed by atoms with van der Waals surface area (Å²) in [5, 5.41) is 7.91. The predicted molar refractivity (Wildman–Crippen MR) is 155 cm³/mol. The molecular weight excluding hydrogens is 506 g/mol. The van der Waals surface area contributed by atoms with Crippen LogP contribution in [-0.4, -0.2) is 35.7 Å². The number of H-pyrrole nitrogens is 1. The molecule has 0 fully saturated rings. The SMILES string of the molecule is COC(=O)c1c[nH]c(-c2cc(C(C)NC(=O)c3cc(CNC(=O)OC(C)(C)C)ccc3C)c3ccccc3c2)c1. The third-order valence-corrected chi connectivity index (χ3v) is 6.51. The number of alkyl carbamates (subject to hydrolysis) is 1. The Labute approximate surface area is 234 Å². The molecule has 8 nitrogen and oxygen atoms in total. The number of amides is 2. The van der Waals surface area contributed by atoms with Crippen LogP contribution in [0.3, 0.4) is 0 Å². The number of fused-ring (bicyclic) bond motifs is 1. The largest absolute Gasteiger partial charge is 0.465 e. The molecule has 8 heteroatoms. The van der Waals surface area contributed by atoms with Gasteiger partial charge in [-0.15, -0.1) is 0 Å². The molecule has 1 unspecified atom stereocenters. The van der Waals surface area contributed by atoms with Gasteiger partial charge in [-0.25, -0.2) is 9.59 Å². The Hall–Kier alpha value is -4.59. The van der Waals surface area contributed by atoms with Gasteiger partial charge in [-0.2, -0.15) is 0 Å². The van der Waals surface area contributed by atoms with E-state index in [2.05, 4.69) is 15.6 Å². The maximum atomic E-state index is 13.4. The van der Waals surface area contributed by atoms with Crippen LogP contribution >= 0.6 is 0 Å². The second-order valence-electron chi connectivity index (χ2n) is 10.8. The van der Waals surface area contributed by atoms with Crippen molar-refractivity contribution in [3.8, 4) is 11.3 Å². The number of carbonyl (C=O) groups excluding carboxylic acids is 3. The molecule has 208 valence electrons. The van der Waals surface area contributed by atoms with E-state index in [4.69, 9.17) is 9.47 Å². The van der Waals surface area contributed by atoms with Gasteiger partial charge in [0.15, 0.2) is 0 Å². The molecule has 0 aliphatic rings. The van der Waals surface area contributed by atoms with E-state index in [0.29, 0.717) is 11.1 Å². The van der Waals surface area contributed by atoms with Crippen LogP contribution in [0.4, 0.5) is 4.79 Å². The number of benzene rings is 3. The van der Waals surface area contributed by atoms with E-state index in [1.165, 1.54) is 7.11 Å². The van der Waals surface area contributed by atoms with Gasteiger partial charge in [0.05, 0.1) is 18.7 Å². The highest BCUT2D eigenvalue weighted by Gasteiger charge is 2.19. The highest BCUT2D eigenvalue weighted by molar-refractivity contribution is 5.97. The average molecular weight is 542 g/mol. The second kappa shape index (κ2) is 11.7. The fourth-order valence-electron chi connectivity index (χ4n) is 4.51. The molecule has 0 aliphatic carbocycles. The summed E-state index contributed by atoms with van der Waals surface area (Å²) in [5.74, 6) is -0.630. The monoisotopic (exact) mass is 541 g/mol. The van der Waals surface area contributed by atoms with E-state index >= 15 is 0 Å². The molecule has 3 aromatic carbocycles. The molecule has 0 aliphatic heterocycles. The summed E-state index contributed by atoms with van der Waals surface area (Å²) in [5.41, 5.74) is 4.58. The minimum atomic E-state index is -0.593. The van der Waals surface area contributed by atoms with Crippen molar-refractivity contribution in [2.75, 3.05) is 7.11 Å². The number of aromatic amines is 1. The van der Waals surface area contributed by atoms with E-state index < -0.39 is 17.7 Å². The number of rotatable bonds is 7. The van der Waals surface area contributed by atoms with Gasteiger partial charge in [0.25, 0.3) is 5.91 Å².